The Hall–Kier alpha value is -1.14. The van der Waals surface area contributed by atoms with Crippen LogP contribution >= 0.6 is 0 Å². The standard InChI is InChI=1S/C11H19N3O2S/c1-9(7-12-2)8-14-11-10(17(3,15)16)5-4-6-13-11/h4-6,9,12H,7-8H2,1-3H3,(H,13,14). The van der Waals surface area contributed by atoms with Gasteiger partial charge in [0, 0.05) is 19.0 Å². The summed E-state index contributed by atoms with van der Waals surface area (Å²) in [6, 6.07) is 3.19. The van der Waals surface area contributed by atoms with Crippen LogP contribution in [0.15, 0.2) is 23.2 Å². The summed E-state index contributed by atoms with van der Waals surface area (Å²) in [7, 11) is -1.35. The third-order valence-electron chi connectivity index (χ3n) is 2.34. The molecule has 0 aliphatic carbocycles. The number of nitrogens with one attached hydrogen (secondary N) is 2. The second-order valence-corrected chi connectivity index (χ2v) is 6.15. The molecule has 17 heavy (non-hydrogen) atoms. The highest BCUT2D eigenvalue weighted by molar-refractivity contribution is 7.90. The molecule has 6 heteroatoms. The van der Waals surface area contributed by atoms with E-state index in [1.807, 2.05) is 7.05 Å². The van der Waals surface area contributed by atoms with Gasteiger partial charge in [0.1, 0.15) is 10.7 Å². The van der Waals surface area contributed by atoms with Gasteiger partial charge in [0.2, 0.25) is 0 Å². The van der Waals surface area contributed by atoms with E-state index >= 15 is 0 Å². The maximum atomic E-state index is 11.5. The number of rotatable bonds is 6. The molecule has 0 fully saturated rings. The predicted octanol–water partition coefficient (Wildman–Crippen LogP) is 0.752. The van der Waals surface area contributed by atoms with E-state index in [1.165, 1.54) is 6.26 Å². The molecule has 0 bridgehead atoms. The summed E-state index contributed by atoms with van der Waals surface area (Å²) < 4.78 is 23.1. The summed E-state index contributed by atoms with van der Waals surface area (Å²) in [5.74, 6) is 0.826. The number of aromatic nitrogens is 1. The Kier molecular flexibility index (Phi) is 4.89. The Balaban J connectivity index is 2.78. The SMILES string of the molecule is CNCC(C)CNc1ncccc1S(C)(=O)=O. The lowest BCUT2D eigenvalue weighted by molar-refractivity contribution is 0.567. The fourth-order valence-electron chi connectivity index (χ4n) is 1.51. The predicted molar refractivity (Wildman–Crippen MR) is 68.9 cm³/mol. The van der Waals surface area contributed by atoms with Gasteiger partial charge >= 0.3 is 0 Å². The maximum Gasteiger partial charge on any atom is 0.179 e. The summed E-state index contributed by atoms with van der Waals surface area (Å²) in [4.78, 5) is 4.31. The lowest BCUT2D eigenvalue weighted by atomic mass is 10.2. The number of hydrogen-bond donors (Lipinski definition) is 2. The van der Waals surface area contributed by atoms with Crippen molar-refractivity contribution in [3.05, 3.63) is 18.3 Å². The molecule has 5 nitrogen and oxygen atoms in total. The molecule has 1 aromatic rings. The van der Waals surface area contributed by atoms with E-state index in [2.05, 4.69) is 22.5 Å². The molecule has 0 aromatic carbocycles. The first-order valence-electron chi connectivity index (χ1n) is 5.48. The maximum absolute atomic E-state index is 11.5. The van der Waals surface area contributed by atoms with Crippen LogP contribution in [0.1, 0.15) is 6.92 Å². The third-order valence-corrected chi connectivity index (χ3v) is 3.47. The number of nitrogens with zero attached hydrogens (tertiary/aromatic N) is 1. The van der Waals surface area contributed by atoms with Crippen LogP contribution in [-0.4, -0.2) is 39.8 Å². The first-order chi connectivity index (χ1) is 7.95. The summed E-state index contributed by atoms with van der Waals surface area (Å²) in [5, 5.41) is 6.14. The lowest BCUT2D eigenvalue weighted by Crippen LogP contribution is -2.23. The monoisotopic (exact) mass is 257 g/mol. The molecule has 1 aromatic heterocycles. The fraction of sp³-hybridized carbons (Fsp3) is 0.545. The molecule has 0 saturated heterocycles. The normalized spacial score (nSPS) is 13.4. The van der Waals surface area contributed by atoms with Crippen LogP contribution in [-0.2, 0) is 9.84 Å². The van der Waals surface area contributed by atoms with Crippen molar-refractivity contribution in [1.29, 1.82) is 0 Å². The number of sulfone groups is 1. The molecule has 2 N–H and O–H groups in total. The van der Waals surface area contributed by atoms with Crippen LogP contribution < -0.4 is 10.6 Å². The zero-order valence-electron chi connectivity index (χ0n) is 10.4. The lowest BCUT2D eigenvalue weighted by Gasteiger charge is -2.14. The summed E-state index contributed by atoms with van der Waals surface area (Å²) in [6.07, 6.45) is 2.77. The third kappa shape index (κ3) is 4.32. The van der Waals surface area contributed by atoms with Crippen molar-refractivity contribution in [1.82, 2.24) is 10.3 Å². The minimum Gasteiger partial charge on any atom is -0.369 e. The van der Waals surface area contributed by atoms with Crippen molar-refractivity contribution in [2.45, 2.75) is 11.8 Å². The summed E-state index contributed by atoms with van der Waals surface area (Å²) >= 11 is 0. The minimum absolute atomic E-state index is 0.247. The van der Waals surface area contributed by atoms with Crippen molar-refractivity contribution in [2.75, 3.05) is 31.7 Å². The van der Waals surface area contributed by atoms with Gasteiger partial charge in [-0.25, -0.2) is 13.4 Å². The van der Waals surface area contributed by atoms with Gasteiger partial charge in [-0.05, 0) is 31.6 Å². The van der Waals surface area contributed by atoms with Gasteiger partial charge in [0.05, 0.1) is 0 Å². The Morgan fingerprint density at radius 1 is 1.41 bits per heavy atom. The van der Waals surface area contributed by atoms with E-state index in [1.54, 1.807) is 18.3 Å². The van der Waals surface area contributed by atoms with Crippen molar-refractivity contribution < 1.29 is 8.42 Å². The number of anilines is 1. The van der Waals surface area contributed by atoms with E-state index in [0.717, 1.165) is 6.54 Å². The molecule has 96 valence electrons. The van der Waals surface area contributed by atoms with Crippen molar-refractivity contribution >= 4 is 15.7 Å². The molecule has 0 saturated carbocycles. The second kappa shape index (κ2) is 5.97. The first-order valence-corrected chi connectivity index (χ1v) is 7.38. The molecule has 0 aliphatic heterocycles. The Labute approximate surface area is 103 Å². The molecular formula is C11H19N3O2S. The molecule has 1 atom stereocenters. The van der Waals surface area contributed by atoms with Gasteiger partial charge in [0.25, 0.3) is 0 Å². The average Bonchev–Trinajstić information content (AvgIpc) is 2.26. The molecule has 1 unspecified atom stereocenters. The van der Waals surface area contributed by atoms with Gasteiger partial charge in [-0.2, -0.15) is 0 Å². The highest BCUT2D eigenvalue weighted by Crippen LogP contribution is 2.17. The first kappa shape index (κ1) is 13.9. The minimum atomic E-state index is -3.23. The van der Waals surface area contributed by atoms with Crippen molar-refractivity contribution in [3.63, 3.8) is 0 Å². The highest BCUT2D eigenvalue weighted by atomic mass is 32.2. The fourth-order valence-corrected chi connectivity index (χ4v) is 2.32. The van der Waals surface area contributed by atoms with Crippen LogP contribution in [0.5, 0.6) is 0 Å². The average molecular weight is 257 g/mol. The zero-order chi connectivity index (χ0) is 12.9. The molecule has 0 spiro atoms. The van der Waals surface area contributed by atoms with Crippen LogP contribution in [0.2, 0.25) is 0 Å². The number of hydrogen-bond acceptors (Lipinski definition) is 5. The van der Waals surface area contributed by atoms with E-state index in [9.17, 15) is 8.42 Å². The smallest absolute Gasteiger partial charge is 0.179 e. The molecular weight excluding hydrogens is 238 g/mol. The van der Waals surface area contributed by atoms with Crippen LogP contribution in [0.4, 0.5) is 5.82 Å². The second-order valence-electron chi connectivity index (χ2n) is 4.17. The van der Waals surface area contributed by atoms with Crippen LogP contribution in [0.3, 0.4) is 0 Å². The molecule has 0 radical (unpaired) electrons. The van der Waals surface area contributed by atoms with Gasteiger partial charge in [-0.3, -0.25) is 0 Å². The van der Waals surface area contributed by atoms with E-state index in [4.69, 9.17) is 0 Å². The van der Waals surface area contributed by atoms with E-state index in [0.29, 0.717) is 18.3 Å². The molecule has 0 amide bonds. The van der Waals surface area contributed by atoms with Crippen molar-refractivity contribution in [2.24, 2.45) is 5.92 Å². The van der Waals surface area contributed by atoms with Gasteiger partial charge in [0.15, 0.2) is 9.84 Å². The Morgan fingerprint density at radius 3 is 2.71 bits per heavy atom. The quantitative estimate of drug-likeness (QED) is 0.787. The summed E-state index contributed by atoms with van der Waals surface area (Å²) in [5.41, 5.74) is 0. The van der Waals surface area contributed by atoms with E-state index < -0.39 is 9.84 Å². The molecule has 1 heterocycles. The zero-order valence-corrected chi connectivity index (χ0v) is 11.2. The van der Waals surface area contributed by atoms with Crippen LogP contribution in [0, 0.1) is 5.92 Å². The highest BCUT2D eigenvalue weighted by Gasteiger charge is 2.14. The topological polar surface area (TPSA) is 71.1 Å². The largest absolute Gasteiger partial charge is 0.369 e. The van der Waals surface area contributed by atoms with E-state index in [-0.39, 0.29) is 4.90 Å². The van der Waals surface area contributed by atoms with Gasteiger partial charge < -0.3 is 10.6 Å². The number of pyridine rings is 1. The summed E-state index contributed by atoms with van der Waals surface area (Å²) in [6.45, 7) is 3.63. The van der Waals surface area contributed by atoms with Gasteiger partial charge in [-0.1, -0.05) is 6.92 Å². The Bertz CT molecular complexity index is 460. The van der Waals surface area contributed by atoms with Crippen LogP contribution in [0.25, 0.3) is 0 Å². The Morgan fingerprint density at radius 2 is 2.12 bits per heavy atom. The van der Waals surface area contributed by atoms with Crippen molar-refractivity contribution in [3.8, 4) is 0 Å². The molecule has 0 aliphatic rings. The van der Waals surface area contributed by atoms with Gasteiger partial charge in [-0.15, -0.1) is 0 Å². The molecule has 1 rings (SSSR count).